The van der Waals surface area contributed by atoms with E-state index in [1.807, 2.05) is 19.9 Å². The predicted octanol–water partition coefficient (Wildman–Crippen LogP) is 4.39. The van der Waals surface area contributed by atoms with Gasteiger partial charge in [-0.2, -0.15) is 0 Å². The summed E-state index contributed by atoms with van der Waals surface area (Å²) in [6, 6.07) is 4.84. The van der Waals surface area contributed by atoms with Gasteiger partial charge in [-0.3, -0.25) is 9.59 Å². The summed E-state index contributed by atoms with van der Waals surface area (Å²) in [6.45, 7) is 3.74. The molecule has 7 heteroatoms. The lowest BCUT2D eigenvalue weighted by Crippen LogP contribution is -2.17. The summed E-state index contributed by atoms with van der Waals surface area (Å²) in [7, 11) is 1.33. The maximum absolute atomic E-state index is 12.9. The SMILES string of the molecule is COC(=O)c1c(NC(=O)c2cc(=O)c3cc(C)cc(C)c3o2)sc2c1CCCC2. The molecule has 0 saturated heterocycles. The lowest BCUT2D eigenvalue weighted by atomic mass is 9.95. The summed E-state index contributed by atoms with van der Waals surface area (Å²) in [5.41, 5.74) is 3.22. The van der Waals surface area contributed by atoms with Gasteiger partial charge >= 0.3 is 5.97 Å². The summed E-state index contributed by atoms with van der Waals surface area (Å²) in [6.07, 6.45) is 3.72. The van der Waals surface area contributed by atoms with Gasteiger partial charge < -0.3 is 14.5 Å². The van der Waals surface area contributed by atoms with Gasteiger partial charge in [0.1, 0.15) is 10.6 Å². The lowest BCUT2D eigenvalue weighted by molar-refractivity contribution is 0.0601. The summed E-state index contributed by atoms with van der Waals surface area (Å²) in [5, 5.41) is 3.66. The third kappa shape index (κ3) is 3.46. The maximum Gasteiger partial charge on any atom is 0.341 e. The standard InChI is InChI=1S/C22H21NO5S/c1-11-8-12(2)19-14(9-11)15(24)10-16(28-19)20(25)23-21-18(22(26)27-3)13-6-4-5-7-17(13)29-21/h8-10H,4-7H2,1-3H3,(H,23,25). The van der Waals surface area contributed by atoms with Crippen molar-refractivity contribution < 1.29 is 18.7 Å². The smallest absolute Gasteiger partial charge is 0.341 e. The van der Waals surface area contributed by atoms with Gasteiger partial charge in [-0.25, -0.2) is 4.79 Å². The number of esters is 1. The molecule has 1 N–H and O–H groups in total. The number of methoxy groups -OCH3 is 1. The number of aryl methyl sites for hydroxylation is 3. The quantitative estimate of drug-likeness (QED) is 0.646. The number of hydrogen-bond donors (Lipinski definition) is 1. The van der Waals surface area contributed by atoms with Crippen molar-refractivity contribution in [3.8, 4) is 0 Å². The molecule has 6 nitrogen and oxygen atoms in total. The second-order valence-corrected chi connectivity index (χ2v) is 8.40. The predicted molar refractivity (Wildman–Crippen MR) is 112 cm³/mol. The van der Waals surface area contributed by atoms with Crippen molar-refractivity contribution in [3.63, 3.8) is 0 Å². The monoisotopic (exact) mass is 411 g/mol. The van der Waals surface area contributed by atoms with Crippen LogP contribution in [0.2, 0.25) is 0 Å². The molecule has 0 radical (unpaired) electrons. The molecule has 1 aliphatic rings. The van der Waals surface area contributed by atoms with E-state index in [2.05, 4.69) is 5.32 Å². The van der Waals surface area contributed by atoms with Crippen LogP contribution in [0.1, 0.15) is 55.3 Å². The number of fused-ring (bicyclic) bond motifs is 2. The van der Waals surface area contributed by atoms with E-state index in [4.69, 9.17) is 9.15 Å². The van der Waals surface area contributed by atoms with E-state index in [0.29, 0.717) is 21.5 Å². The summed E-state index contributed by atoms with van der Waals surface area (Å²) >= 11 is 1.39. The van der Waals surface area contributed by atoms with Crippen molar-refractivity contribution in [1.82, 2.24) is 0 Å². The van der Waals surface area contributed by atoms with Crippen LogP contribution in [0.25, 0.3) is 11.0 Å². The minimum atomic E-state index is -0.562. The zero-order chi connectivity index (χ0) is 20.7. The molecule has 2 aromatic heterocycles. The van der Waals surface area contributed by atoms with Crippen LogP contribution >= 0.6 is 11.3 Å². The number of nitrogens with one attached hydrogen (secondary N) is 1. The average Bonchev–Trinajstić information content (AvgIpc) is 3.05. The maximum atomic E-state index is 12.9. The molecule has 150 valence electrons. The Morgan fingerprint density at radius 2 is 1.90 bits per heavy atom. The zero-order valence-corrected chi connectivity index (χ0v) is 17.3. The lowest BCUT2D eigenvalue weighted by Gasteiger charge is -2.11. The third-order valence-corrected chi connectivity index (χ3v) is 6.38. The highest BCUT2D eigenvalue weighted by atomic mass is 32.1. The summed E-state index contributed by atoms with van der Waals surface area (Å²) in [4.78, 5) is 38.9. The van der Waals surface area contributed by atoms with E-state index >= 15 is 0 Å². The third-order valence-electron chi connectivity index (χ3n) is 5.17. The van der Waals surface area contributed by atoms with Crippen LogP contribution in [0, 0.1) is 13.8 Å². The molecular formula is C22H21NO5S. The fraction of sp³-hybridized carbons (Fsp3) is 0.318. The van der Waals surface area contributed by atoms with Crippen LogP contribution in [-0.4, -0.2) is 19.0 Å². The second kappa shape index (κ2) is 7.48. The van der Waals surface area contributed by atoms with E-state index in [1.165, 1.54) is 24.5 Å². The van der Waals surface area contributed by atoms with E-state index in [-0.39, 0.29) is 11.2 Å². The fourth-order valence-electron chi connectivity index (χ4n) is 3.86. The molecule has 1 aromatic carbocycles. The Bertz CT molecular complexity index is 1200. The van der Waals surface area contributed by atoms with E-state index in [9.17, 15) is 14.4 Å². The van der Waals surface area contributed by atoms with Gasteiger partial charge in [0.2, 0.25) is 0 Å². The molecule has 1 amide bonds. The number of amides is 1. The van der Waals surface area contributed by atoms with Crippen molar-refractivity contribution in [2.45, 2.75) is 39.5 Å². The molecule has 0 spiro atoms. The largest absolute Gasteiger partial charge is 0.465 e. The molecule has 29 heavy (non-hydrogen) atoms. The highest BCUT2D eigenvalue weighted by molar-refractivity contribution is 7.17. The van der Waals surface area contributed by atoms with Crippen LogP contribution in [0.3, 0.4) is 0 Å². The number of ether oxygens (including phenoxy) is 1. The normalized spacial score (nSPS) is 13.2. The molecule has 0 bridgehead atoms. The minimum absolute atomic E-state index is 0.0864. The molecule has 4 rings (SSSR count). The zero-order valence-electron chi connectivity index (χ0n) is 16.5. The highest BCUT2D eigenvalue weighted by Crippen LogP contribution is 2.38. The molecule has 0 saturated carbocycles. The molecular weight excluding hydrogens is 390 g/mol. The van der Waals surface area contributed by atoms with Gasteiger partial charge in [-0.1, -0.05) is 6.07 Å². The van der Waals surface area contributed by atoms with Gasteiger partial charge in [0, 0.05) is 10.9 Å². The molecule has 0 atom stereocenters. The summed E-state index contributed by atoms with van der Waals surface area (Å²) < 4.78 is 10.7. The van der Waals surface area contributed by atoms with Crippen LogP contribution < -0.4 is 10.7 Å². The van der Waals surface area contributed by atoms with Gasteiger partial charge in [0.05, 0.1) is 18.1 Å². The Hall–Kier alpha value is -2.93. The summed E-state index contributed by atoms with van der Waals surface area (Å²) in [5.74, 6) is -1.12. The first kappa shape index (κ1) is 19.4. The van der Waals surface area contributed by atoms with Gasteiger partial charge in [-0.15, -0.1) is 11.3 Å². The Morgan fingerprint density at radius 1 is 1.14 bits per heavy atom. The van der Waals surface area contributed by atoms with E-state index < -0.39 is 11.9 Å². The first-order chi connectivity index (χ1) is 13.9. The van der Waals surface area contributed by atoms with Gasteiger partial charge in [0.25, 0.3) is 5.91 Å². The van der Waals surface area contributed by atoms with Crippen LogP contribution in [0.4, 0.5) is 5.00 Å². The number of carbonyl (C=O) groups is 2. The van der Waals surface area contributed by atoms with Crippen molar-refractivity contribution in [2.75, 3.05) is 12.4 Å². The molecule has 0 aliphatic heterocycles. The Balaban J connectivity index is 1.75. The molecule has 3 aromatic rings. The topological polar surface area (TPSA) is 85.6 Å². The number of anilines is 1. The minimum Gasteiger partial charge on any atom is -0.465 e. The Kier molecular flexibility index (Phi) is 5.00. The van der Waals surface area contributed by atoms with Crippen LogP contribution in [0.5, 0.6) is 0 Å². The van der Waals surface area contributed by atoms with E-state index in [0.717, 1.165) is 47.3 Å². The number of carbonyl (C=O) groups excluding carboxylic acids is 2. The number of hydrogen-bond acceptors (Lipinski definition) is 6. The first-order valence-corrected chi connectivity index (χ1v) is 10.3. The van der Waals surface area contributed by atoms with Gasteiger partial charge in [-0.05, 0) is 62.3 Å². The van der Waals surface area contributed by atoms with Crippen molar-refractivity contribution in [3.05, 3.63) is 61.3 Å². The molecule has 1 aliphatic carbocycles. The average molecular weight is 411 g/mol. The van der Waals surface area contributed by atoms with Crippen molar-refractivity contribution in [2.24, 2.45) is 0 Å². The highest BCUT2D eigenvalue weighted by Gasteiger charge is 2.27. The number of benzene rings is 1. The van der Waals surface area contributed by atoms with Gasteiger partial charge in [0.15, 0.2) is 11.2 Å². The van der Waals surface area contributed by atoms with E-state index in [1.54, 1.807) is 6.07 Å². The first-order valence-electron chi connectivity index (χ1n) is 9.48. The van der Waals surface area contributed by atoms with Crippen molar-refractivity contribution in [1.29, 1.82) is 0 Å². The number of thiophene rings is 1. The van der Waals surface area contributed by atoms with Crippen molar-refractivity contribution >= 4 is 39.2 Å². The number of rotatable bonds is 3. The van der Waals surface area contributed by atoms with Crippen LogP contribution in [0.15, 0.2) is 27.4 Å². The Labute approximate surface area is 171 Å². The second-order valence-electron chi connectivity index (χ2n) is 7.29. The molecule has 0 fully saturated rings. The molecule has 0 unspecified atom stereocenters. The molecule has 2 heterocycles. The fourth-order valence-corrected chi connectivity index (χ4v) is 5.13. The van der Waals surface area contributed by atoms with Crippen LogP contribution in [-0.2, 0) is 17.6 Å². The Morgan fingerprint density at radius 3 is 2.66 bits per heavy atom.